The first-order valence-electron chi connectivity index (χ1n) is 10.8. The number of aryl methyl sites for hydroxylation is 2. The Labute approximate surface area is 198 Å². The summed E-state index contributed by atoms with van der Waals surface area (Å²) < 4.78 is 0. The van der Waals surface area contributed by atoms with Crippen molar-refractivity contribution in [3.8, 4) is 0 Å². The molecule has 13 nitrogen and oxygen atoms in total. The van der Waals surface area contributed by atoms with Gasteiger partial charge in [0.25, 0.3) is 5.91 Å². The predicted octanol–water partition coefficient (Wildman–Crippen LogP) is 0.0324. The number of aliphatic carboxylic acids is 1. The van der Waals surface area contributed by atoms with Crippen LogP contribution < -0.4 is 22.1 Å². The molecule has 0 saturated carbocycles. The highest BCUT2D eigenvalue weighted by atomic mass is 16.4. The van der Waals surface area contributed by atoms with Crippen LogP contribution in [0.2, 0.25) is 0 Å². The molecule has 35 heavy (non-hydrogen) atoms. The van der Waals surface area contributed by atoms with E-state index in [1.54, 1.807) is 24.3 Å². The van der Waals surface area contributed by atoms with Crippen molar-refractivity contribution < 1.29 is 24.3 Å². The molecule has 0 aliphatic carbocycles. The number of imide groups is 1. The molecule has 1 atom stereocenters. The summed E-state index contributed by atoms with van der Waals surface area (Å²) in [6.45, 7) is -0.115. The minimum Gasteiger partial charge on any atom is -0.480 e. The number of amides is 4. The zero-order valence-electron chi connectivity index (χ0n) is 18.6. The maximum absolute atomic E-state index is 12.6. The summed E-state index contributed by atoms with van der Waals surface area (Å²) in [5, 5.41) is 14.8. The number of carboxylic acids is 1. The van der Waals surface area contributed by atoms with Crippen molar-refractivity contribution in [2.24, 2.45) is 0 Å². The summed E-state index contributed by atoms with van der Waals surface area (Å²) >= 11 is 0. The highest BCUT2D eigenvalue weighted by Gasteiger charge is 2.29. The smallest absolute Gasteiger partial charge is 0.326 e. The molecule has 4 rings (SSSR count). The summed E-state index contributed by atoms with van der Waals surface area (Å²) in [7, 11) is 0. The van der Waals surface area contributed by atoms with Gasteiger partial charge in [-0.25, -0.2) is 9.59 Å². The molecule has 1 aromatic carbocycles. The molecule has 2 aromatic heterocycles. The molecular formula is C22H24N8O5. The number of anilines is 2. The van der Waals surface area contributed by atoms with E-state index in [9.17, 15) is 24.3 Å². The third-order valence-corrected chi connectivity index (χ3v) is 5.72. The van der Waals surface area contributed by atoms with Crippen LogP contribution in [0.25, 0.3) is 11.0 Å². The van der Waals surface area contributed by atoms with Crippen molar-refractivity contribution in [3.63, 3.8) is 0 Å². The number of benzene rings is 1. The largest absolute Gasteiger partial charge is 0.480 e. The van der Waals surface area contributed by atoms with Gasteiger partial charge in [-0.2, -0.15) is 9.97 Å². The Morgan fingerprint density at radius 1 is 1.14 bits per heavy atom. The van der Waals surface area contributed by atoms with Crippen LogP contribution in [-0.2, 0) is 22.4 Å². The topological polar surface area (TPSA) is 209 Å². The lowest BCUT2D eigenvalue weighted by Crippen LogP contribution is -2.43. The van der Waals surface area contributed by atoms with Crippen LogP contribution in [0.1, 0.15) is 27.9 Å². The number of rotatable bonds is 9. The molecule has 1 aliphatic heterocycles. The standard InChI is InChI=1S/C22H24N8O5/c23-17-16-13(9-25-18(16)29-21(24)28-17)6-3-11-1-4-12(5-2-11)19(32)26-14(20(33)34)7-8-30-10-15(31)27-22(30)35/h1-2,4-5,9,14H,3,6-8,10H2,(H,26,32)(H,33,34)(H,27,31,35)(H5,23,24,25,28,29)/t14-/m0/s1. The summed E-state index contributed by atoms with van der Waals surface area (Å²) in [6, 6.07) is 5.02. The molecule has 0 spiro atoms. The fourth-order valence-corrected chi connectivity index (χ4v) is 3.89. The van der Waals surface area contributed by atoms with E-state index in [0.717, 1.165) is 16.5 Å². The third kappa shape index (κ3) is 5.29. The minimum absolute atomic E-state index is 0.0176. The first kappa shape index (κ1) is 23.5. The molecule has 3 aromatic rings. The van der Waals surface area contributed by atoms with E-state index >= 15 is 0 Å². The molecule has 1 saturated heterocycles. The number of H-pyrrole nitrogens is 1. The van der Waals surface area contributed by atoms with E-state index in [0.29, 0.717) is 29.9 Å². The Morgan fingerprint density at radius 3 is 2.54 bits per heavy atom. The minimum atomic E-state index is -1.23. The molecule has 1 fully saturated rings. The first-order chi connectivity index (χ1) is 16.7. The fourth-order valence-electron chi connectivity index (χ4n) is 3.89. The molecule has 0 unspecified atom stereocenters. The number of nitrogens with one attached hydrogen (secondary N) is 3. The Morgan fingerprint density at radius 2 is 1.89 bits per heavy atom. The number of carbonyl (C=O) groups is 4. The highest BCUT2D eigenvalue weighted by molar-refractivity contribution is 6.02. The van der Waals surface area contributed by atoms with Crippen LogP contribution in [0.5, 0.6) is 0 Å². The second kappa shape index (κ2) is 9.67. The summed E-state index contributed by atoms with van der Waals surface area (Å²) in [5.74, 6) is -1.83. The van der Waals surface area contributed by atoms with Crippen molar-refractivity contribution in [2.75, 3.05) is 24.6 Å². The van der Waals surface area contributed by atoms with Crippen molar-refractivity contribution in [3.05, 3.63) is 47.2 Å². The summed E-state index contributed by atoms with van der Waals surface area (Å²) in [6.07, 6.45) is 3.08. The van der Waals surface area contributed by atoms with Crippen LogP contribution in [0, 0.1) is 0 Å². The third-order valence-electron chi connectivity index (χ3n) is 5.72. The molecule has 13 heteroatoms. The maximum Gasteiger partial charge on any atom is 0.326 e. The number of nitrogens with zero attached hydrogens (tertiary/aromatic N) is 3. The Kier molecular flexibility index (Phi) is 6.48. The molecule has 0 bridgehead atoms. The molecule has 182 valence electrons. The van der Waals surface area contributed by atoms with E-state index in [1.807, 2.05) is 6.20 Å². The number of aromatic amines is 1. The second-order valence-corrected chi connectivity index (χ2v) is 8.13. The van der Waals surface area contributed by atoms with Gasteiger partial charge < -0.3 is 31.8 Å². The predicted molar refractivity (Wildman–Crippen MR) is 125 cm³/mol. The number of fused-ring (bicyclic) bond motifs is 1. The number of hydrogen-bond acceptors (Lipinski definition) is 8. The monoisotopic (exact) mass is 480 g/mol. The Bertz CT molecular complexity index is 1300. The molecule has 4 amide bonds. The van der Waals surface area contributed by atoms with Gasteiger partial charge in [0.1, 0.15) is 24.1 Å². The van der Waals surface area contributed by atoms with Gasteiger partial charge in [0.05, 0.1) is 5.39 Å². The molecule has 0 radical (unpaired) electrons. The van der Waals surface area contributed by atoms with E-state index in [-0.39, 0.29) is 25.5 Å². The zero-order chi connectivity index (χ0) is 25.1. The van der Waals surface area contributed by atoms with Crippen LogP contribution in [0.4, 0.5) is 16.6 Å². The zero-order valence-corrected chi connectivity index (χ0v) is 18.6. The van der Waals surface area contributed by atoms with Crippen LogP contribution in [0.15, 0.2) is 30.5 Å². The molecular weight excluding hydrogens is 456 g/mol. The number of nitrogen functional groups attached to an aromatic ring is 2. The lowest BCUT2D eigenvalue weighted by molar-refractivity contribution is -0.139. The SMILES string of the molecule is Nc1nc(N)c2c(CCc3ccc(C(=O)N[C@@H](CCN4CC(=O)NC4=O)C(=O)O)cc3)c[nH]c2n1. The normalized spacial score (nSPS) is 14.2. The number of nitrogens with two attached hydrogens (primary N) is 2. The van der Waals surface area contributed by atoms with E-state index < -0.39 is 29.9 Å². The quantitative estimate of drug-likeness (QED) is 0.228. The molecule has 3 heterocycles. The first-order valence-corrected chi connectivity index (χ1v) is 10.8. The molecule has 1 aliphatic rings. The van der Waals surface area contributed by atoms with Gasteiger partial charge in [0.2, 0.25) is 11.9 Å². The van der Waals surface area contributed by atoms with Gasteiger partial charge in [-0.1, -0.05) is 12.1 Å². The van der Waals surface area contributed by atoms with Crippen molar-refractivity contribution >= 4 is 46.6 Å². The number of carboxylic acid groups (broad SMARTS) is 1. The number of urea groups is 1. The van der Waals surface area contributed by atoms with Crippen molar-refractivity contribution in [2.45, 2.75) is 25.3 Å². The summed E-state index contributed by atoms with van der Waals surface area (Å²) in [4.78, 5) is 59.4. The number of hydrogen-bond donors (Lipinski definition) is 6. The summed E-state index contributed by atoms with van der Waals surface area (Å²) in [5.41, 5.74) is 14.4. The van der Waals surface area contributed by atoms with Crippen molar-refractivity contribution in [1.82, 2.24) is 30.5 Å². The van der Waals surface area contributed by atoms with E-state index in [1.165, 1.54) is 4.90 Å². The van der Waals surface area contributed by atoms with E-state index in [2.05, 4.69) is 25.6 Å². The molecule has 8 N–H and O–H groups in total. The highest BCUT2D eigenvalue weighted by Crippen LogP contribution is 2.24. The fraction of sp³-hybridized carbons (Fsp3) is 0.273. The maximum atomic E-state index is 12.6. The van der Waals surface area contributed by atoms with Crippen LogP contribution in [0.3, 0.4) is 0 Å². The average molecular weight is 480 g/mol. The van der Waals surface area contributed by atoms with Gasteiger partial charge in [0, 0.05) is 18.3 Å². The van der Waals surface area contributed by atoms with E-state index in [4.69, 9.17) is 11.5 Å². The van der Waals surface area contributed by atoms with Gasteiger partial charge in [-0.15, -0.1) is 0 Å². The van der Waals surface area contributed by atoms with Gasteiger partial charge in [0.15, 0.2) is 0 Å². The van der Waals surface area contributed by atoms with Gasteiger partial charge >= 0.3 is 12.0 Å². The van der Waals surface area contributed by atoms with Gasteiger partial charge in [-0.05, 0) is 42.5 Å². The average Bonchev–Trinajstić information content (AvgIpc) is 3.36. The number of carbonyl (C=O) groups excluding carboxylic acids is 3. The Hall–Kier alpha value is -4.68. The van der Waals surface area contributed by atoms with Crippen molar-refractivity contribution in [1.29, 1.82) is 0 Å². The van der Waals surface area contributed by atoms with Gasteiger partial charge in [-0.3, -0.25) is 14.9 Å². The lowest BCUT2D eigenvalue weighted by atomic mass is 10.0. The van der Waals surface area contributed by atoms with Crippen LogP contribution in [-0.4, -0.2) is 67.9 Å². The van der Waals surface area contributed by atoms with Crippen LogP contribution >= 0.6 is 0 Å². The number of aromatic nitrogens is 3. The Balaban J connectivity index is 1.34. The second-order valence-electron chi connectivity index (χ2n) is 8.13. The lowest BCUT2D eigenvalue weighted by Gasteiger charge is -2.18.